The lowest BCUT2D eigenvalue weighted by atomic mass is 9.82. The molecule has 0 radical (unpaired) electrons. The van der Waals surface area contributed by atoms with E-state index in [1.54, 1.807) is 18.3 Å². The molecule has 3 nitrogen and oxygen atoms in total. The van der Waals surface area contributed by atoms with Gasteiger partial charge in [0.05, 0.1) is 0 Å². The van der Waals surface area contributed by atoms with Crippen molar-refractivity contribution in [1.29, 1.82) is 0 Å². The van der Waals surface area contributed by atoms with Crippen LogP contribution in [-0.2, 0) is 11.3 Å². The lowest BCUT2D eigenvalue weighted by Crippen LogP contribution is -2.47. The number of hydrogen-bond acceptors (Lipinski definition) is 3. The van der Waals surface area contributed by atoms with Gasteiger partial charge in [-0.15, -0.1) is 0 Å². The zero-order valence-electron chi connectivity index (χ0n) is 14.4. The third kappa shape index (κ3) is 3.35. The van der Waals surface area contributed by atoms with Crippen LogP contribution in [0.1, 0.15) is 30.4 Å². The SMILES string of the molecule is CC(=O)N1C[C@@H](c2ccsc2)[C@@H]2CN(Cc3ccc(F)cc3)CC[C@@H]21. The van der Waals surface area contributed by atoms with Crippen LogP contribution in [0.3, 0.4) is 0 Å². The van der Waals surface area contributed by atoms with Gasteiger partial charge >= 0.3 is 0 Å². The number of halogens is 1. The van der Waals surface area contributed by atoms with E-state index in [-0.39, 0.29) is 11.7 Å². The number of piperidine rings is 1. The van der Waals surface area contributed by atoms with E-state index in [0.29, 0.717) is 17.9 Å². The molecule has 2 aliphatic rings. The second kappa shape index (κ2) is 6.89. The summed E-state index contributed by atoms with van der Waals surface area (Å²) in [5.74, 6) is 0.913. The summed E-state index contributed by atoms with van der Waals surface area (Å²) in [4.78, 5) is 16.6. The molecule has 2 fully saturated rings. The Hall–Kier alpha value is -1.72. The molecule has 0 N–H and O–H groups in total. The fourth-order valence-electron chi connectivity index (χ4n) is 4.50. The molecule has 1 aromatic carbocycles. The van der Waals surface area contributed by atoms with E-state index < -0.39 is 0 Å². The summed E-state index contributed by atoms with van der Waals surface area (Å²) in [6, 6.07) is 9.36. The van der Waals surface area contributed by atoms with Crippen LogP contribution in [0, 0.1) is 11.7 Å². The number of nitrogens with zero attached hydrogens (tertiary/aromatic N) is 2. The zero-order chi connectivity index (χ0) is 17.4. The Balaban J connectivity index is 1.52. The normalized spacial score (nSPS) is 26.6. The molecule has 0 spiro atoms. The van der Waals surface area contributed by atoms with Crippen LogP contribution in [0.4, 0.5) is 4.39 Å². The smallest absolute Gasteiger partial charge is 0.219 e. The van der Waals surface area contributed by atoms with E-state index in [2.05, 4.69) is 26.6 Å². The van der Waals surface area contributed by atoms with Crippen molar-refractivity contribution in [3.63, 3.8) is 0 Å². The Bertz CT molecular complexity index is 731. The second-order valence-electron chi connectivity index (χ2n) is 7.22. The van der Waals surface area contributed by atoms with Gasteiger partial charge in [-0.2, -0.15) is 11.3 Å². The number of rotatable bonds is 3. The minimum Gasteiger partial charge on any atom is -0.339 e. The van der Waals surface area contributed by atoms with Crippen LogP contribution in [0.15, 0.2) is 41.1 Å². The van der Waals surface area contributed by atoms with E-state index in [0.717, 1.165) is 38.2 Å². The van der Waals surface area contributed by atoms with Crippen molar-refractivity contribution < 1.29 is 9.18 Å². The summed E-state index contributed by atoms with van der Waals surface area (Å²) in [6.07, 6.45) is 1.02. The minimum atomic E-state index is -0.187. The topological polar surface area (TPSA) is 23.6 Å². The maximum Gasteiger partial charge on any atom is 0.219 e. The highest BCUT2D eigenvalue weighted by Crippen LogP contribution is 2.42. The summed E-state index contributed by atoms with van der Waals surface area (Å²) in [7, 11) is 0. The van der Waals surface area contributed by atoms with Gasteiger partial charge in [-0.1, -0.05) is 12.1 Å². The highest BCUT2D eigenvalue weighted by molar-refractivity contribution is 7.08. The fourth-order valence-corrected chi connectivity index (χ4v) is 5.22. The molecule has 3 heterocycles. The largest absolute Gasteiger partial charge is 0.339 e. The lowest BCUT2D eigenvalue weighted by Gasteiger charge is -2.38. The van der Waals surface area contributed by atoms with E-state index >= 15 is 0 Å². The molecule has 0 aliphatic carbocycles. The Labute approximate surface area is 152 Å². The van der Waals surface area contributed by atoms with Crippen LogP contribution >= 0.6 is 11.3 Å². The summed E-state index contributed by atoms with van der Waals surface area (Å²) >= 11 is 1.73. The number of thiophene rings is 1. The maximum atomic E-state index is 13.1. The quantitative estimate of drug-likeness (QED) is 0.835. The molecule has 25 heavy (non-hydrogen) atoms. The lowest BCUT2D eigenvalue weighted by molar-refractivity contribution is -0.130. The van der Waals surface area contributed by atoms with Crippen LogP contribution in [-0.4, -0.2) is 41.4 Å². The van der Waals surface area contributed by atoms with E-state index in [4.69, 9.17) is 0 Å². The molecular weight excluding hydrogens is 335 g/mol. The number of amides is 1. The van der Waals surface area contributed by atoms with Gasteiger partial charge in [0, 0.05) is 51.0 Å². The average molecular weight is 358 g/mol. The summed E-state index contributed by atoms with van der Waals surface area (Å²) < 4.78 is 13.1. The first-order chi connectivity index (χ1) is 12.1. The molecule has 5 heteroatoms. The number of hydrogen-bond donors (Lipinski definition) is 0. The van der Waals surface area contributed by atoms with Crippen molar-refractivity contribution in [3.05, 3.63) is 58.0 Å². The average Bonchev–Trinajstić information content (AvgIpc) is 3.24. The molecule has 2 saturated heterocycles. The van der Waals surface area contributed by atoms with Crippen LogP contribution in [0.5, 0.6) is 0 Å². The van der Waals surface area contributed by atoms with E-state index in [9.17, 15) is 9.18 Å². The summed E-state index contributed by atoms with van der Waals surface area (Å²) in [5, 5.41) is 4.35. The van der Waals surface area contributed by atoms with Gasteiger partial charge in [-0.05, 0) is 46.5 Å². The Morgan fingerprint density at radius 3 is 2.72 bits per heavy atom. The Kier molecular flexibility index (Phi) is 4.61. The molecule has 2 aliphatic heterocycles. The van der Waals surface area contributed by atoms with Gasteiger partial charge < -0.3 is 4.90 Å². The first kappa shape index (κ1) is 16.7. The number of carbonyl (C=O) groups excluding carboxylic acids is 1. The van der Waals surface area contributed by atoms with Crippen LogP contribution in [0.2, 0.25) is 0 Å². The predicted molar refractivity (Wildman–Crippen MR) is 98.0 cm³/mol. The van der Waals surface area contributed by atoms with Crippen molar-refractivity contribution in [3.8, 4) is 0 Å². The van der Waals surface area contributed by atoms with Crippen molar-refractivity contribution in [1.82, 2.24) is 9.80 Å². The number of fused-ring (bicyclic) bond motifs is 1. The van der Waals surface area contributed by atoms with Crippen molar-refractivity contribution >= 4 is 17.2 Å². The van der Waals surface area contributed by atoms with Gasteiger partial charge in [-0.25, -0.2) is 4.39 Å². The second-order valence-corrected chi connectivity index (χ2v) is 8.00. The monoisotopic (exact) mass is 358 g/mol. The molecule has 0 unspecified atom stereocenters. The van der Waals surface area contributed by atoms with Gasteiger partial charge in [0.1, 0.15) is 5.82 Å². The number of carbonyl (C=O) groups is 1. The van der Waals surface area contributed by atoms with Crippen LogP contribution in [0.25, 0.3) is 0 Å². The van der Waals surface area contributed by atoms with Crippen molar-refractivity contribution in [2.45, 2.75) is 31.8 Å². The Morgan fingerprint density at radius 1 is 1.24 bits per heavy atom. The van der Waals surface area contributed by atoms with Gasteiger partial charge in [-0.3, -0.25) is 9.69 Å². The van der Waals surface area contributed by atoms with Crippen molar-refractivity contribution in [2.75, 3.05) is 19.6 Å². The first-order valence-electron chi connectivity index (χ1n) is 8.88. The number of benzene rings is 1. The third-order valence-corrected chi connectivity index (χ3v) is 6.41. The molecule has 0 bridgehead atoms. The van der Waals surface area contributed by atoms with Crippen molar-refractivity contribution in [2.24, 2.45) is 5.92 Å². The molecule has 1 aromatic heterocycles. The van der Waals surface area contributed by atoms with E-state index in [1.165, 1.54) is 17.7 Å². The maximum absolute atomic E-state index is 13.1. The molecule has 0 saturated carbocycles. The molecule has 1 amide bonds. The minimum absolute atomic E-state index is 0.187. The molecule has 4 rings (SSSR count). The van der Waals surface area contributed by atoms with Gasteiger partial charge in [0.2, 0.25) is 5.91 Å². The first-order valence-corrected chi connectivity index (χ1v) is 9.82. The highest BCUT2D eigenvalue weighted by atomic mass is 32.1. The standard InChI is InChI=1S/C20H23FN2OS/c1-14(24)23-12-18(16-7-9-25-13-16)19-11-22(8-6-20(19)23)10-15-2-4-17(21)5-3-15/h2-5,7,9,13,18-20H,6,8,10-12H2,1H3/t18-,19-,20-/m0/s1. The van der Waals surface area contributed by atoms with E-state index in [1.807, 2.05) is 12.1 Å². The summed E-state index contributed by atoms with van der Waals surface area (Å²) in [6.45, 7) is 5.36. The molecule has 132 valence electrons. The molecule has 3 atom stereocenters. The zero-order valence-corrected chi connectivity index (χ0v) is 15.2. The predicted octanol–water partition coefficient (Wildman–Crippen LogP) is 3.72. The summed E-state index contributed by atoms with van der Waals surface area (Å²) in [5.41, 5.74) is 2.51. The molecule has 2 aromatic rings. The highest BCUT2D eigenvalue weighted by Gasteiger charge is 2.46. The van der Waals surface area contributed by atoms with Gasteiger partial charge in [0.15, 0.2) is 0 Å². The molecular formula is C20H23FN2OS. The Morgan fingerprint density at radius 2 is 2.04 bits per heavy atom. The number of likely N-dealkylation sites (tertiary alicyclic amines) is 2. The fraction of sp³-hybridized carbons (Fsp3) is 0.450. The van der Waals surface area contributed by atoms with Crippen LogP contribution < -0.4 is 0 Å². The third-order valence-electron chi connectivity index (χ3n) is 5.71. The van der Waals surface area contributed by atoms with Gasteiger partial charge in [0.25, 0.3) is 0 Å².